The van der Waals surface area contributed by atoms with E-state index in [2.05, 4.69) is 43.5 Å². The molecule has 0 saturated heterocycles. The molecule has 6 heteroatoms. The highest BCUT2D eigenvalue weighted by atomic mass is 16.5. The van der Waals surface area contributed by atoms with Gasteiger partial charge in [-0.25, -0.2) is 0 Å². The highest BCUT2D eigenvalue weighted by Crippen LogP contribution is 2.18. The molecule has 0 radical (unpaired) electrons. The maximum absolute atomic E-state index is 12.5. The standard InChI is InChI=1S/C68H129NO5/c1-3-5-7-9-11-13-15-17-18-19-31-34-38-42-46-50-54-58-62-68(73)74-63-59-55-51-47-43-39-35-32-29-27-25-23-21-20-22-24-26-28-30-33-37-41-45-49-53-57-61-67(72)69-65(64-70)66(71)60-56-52-48-44-40-36-16-14-12-10-8-6-4-2/h13,15,18-19,56,60,65-66,70-71H,3-12,14,16-17,20-55,57-59,61-64H2,1-2H3,(H,69,72)/b15-13-,19-18-,60-56+. The Hall–Kier alpha value is -1.92. The second-order valence-electron chi connectivity index (χ2n) is 22.8. The molecule has 0 aromatic carbocycles. The Bertz CT molecular complexity index is 1200. The highest BCUT2D eigenvalue weighted by Gasteiger charge is 2.18. The van der Waals surface area contributed by atoms with Gasteiger partial charge in [-0.1, -0.05) is 320 Å². The fourth-order valence-corrected chi connectivity index (χ4v) is 10.3. The van der Waals surface area contributed by atoms with Crippen molar-refractivity contribution in [3.8, 4) is 0 Å². The summed E-state index contributed by atoms with van der Waals surface area (Å²) >= 11 is 0. The Morgan fingerprint density at radius 2 is 0.676 bits per heavy atom. The zero-order valence-electron chi connectivity index (χ0n) is 49.8. The number of hydrogen-bond acceptors (Lipinski definition) is 5. The van der Waals surface area contributed by atoms with Crippen LogP contribution in [0, 0.1) is 0 Å². The van der Waals surface area contributed by atoms with Crippen molar-refractivity contribution in [2.24, 2.45) is 0 Å². The van der Waals surface area contributed by atoms with E-state index in [1.54, 1.807) is 6.08 Å². The van der Waals surface area contributed by atoms with Crippen molar-refractivity contribution in [3.05, 3.63) is 36.5 Å². The number of aliphatic hydroxyl groups excluding tert-OH is 2. The molecule has 2 atom stereocenters. The molecule has 6 nitrogen and oxygen atoms in total. The quantitative estimate of drug-likeness (QED) is 0.0320. The van der Waals surface area contributed by atoms with Crippen LogP contribution in [0.15, 0.2) is 36.5 Å². The van der Waals surface area contributed by atoms with Crippen molar-refractivity contribution in [2.45, 2.75) is 373 Å². The van der Waals surface area contributed by atoms with Gasteiger partial charge in [-0.3, -0.25) is 9.59 Å². The highest BCUT2D eigenvalue weighted by molar-refractivity contribution is 5.76. The van der Waals surface area contributed by atoms with Crippen LogP contribution >= 0.6 is 0 Å². The summed E-state index contributed by atoms with van der Waals surface area (Å²) in [6.45, 7) is 4.90. The Kier molecular flexibility index (Phi) is 62.0. The van der Waals surface area contributed by atoms with Gasteiger partial charge in [0.1, 0.15) is 0 Å². The average molecular weight is 1040 g/mol. The monoisotopic (exact) mass is 1040 g/mol. The van der Waals surface area contributed by atoms with Gasteiger partial charge in [0.2, 0.25) is 5.91 Å². The molecule has 0 bridgehead atoms. The Labute approximate surface area is 462 Å². The summed E-state index contributed by atoms with van der Waals surface area (Å²) in [6, 6.07) is -0.625. The van der Waals surface area contributed by atoms with Gasteiger partial charge in [0.15, 0.2) is 0 Å². The summed E-state index contributed by atoms with van der Waals surface area (Å²) in [5, 5.41) is 23.1. The molecule has 0 saturated carbocycles. The number of aliphatic hydroxyl groups is 2. The first kappa shape index (κ1) is 72.1. The first-order valence-corrected chi connectivity index (χ1v) is 33.3. The van der Waals surface area contributed by atoms with Crippen LogP contribution in [0.1, 0.15) is 361 Å². The maximum atomic E-state index is 12.5. The summed E-state index contributed by atoms with van der Waals surface area (Å²) in [7, 11) is 0. The van der Waals surface area contributed by atoms with Crippen molar-refractivity contribution >= 4 is 11.9 Å². The van der Waals surface area contributed by atoms with Gasteiger partial charge >= 0.3 is 5.97 Å². The van der Waals surface area contributed by atoms with Crippen LogP contribution in [0.2, 0.25) is 0 Å². The third-order valence-corrected chi connectivity index (χ3v) is 15.4. The van der Waals surface area contributed by atoms with Crippen LogP contribution in [0.4, 0.5) is 0 Å². The van der Waals surface area contributed by atoms with Crippen LogP contribution in [0.5, 0.6) is 0 Å². The molecule has 3 N–H and O–H groups in total. The minimum Gasteiger partial charge on any atom is -0.466 e. The van der Waals surface area contributed by atoms with Crippen molar-refractivity contribution in [1.29, 1.82) is 0 Å². The molecule has 74 heavy (non-hydrogen) atoms. The van der Waals surface area contributed by atoms with Gasteiger partial charge in [0, 0.05) is 12.8 Å². The fourth-order valence-electron chi connectivity index (χ4n) is 10.3. The molecule has 0 aromatic rings. The van der Waals surface area contributed by atoms with Crippen LogP contribution in [-0.4, -0.2) is 47.4 Å². The lowest BCUT2D eigenvalue weighted by atomic mass is 10.0. The summed E-state index contributed by atoms with van der Waals surface area (Å²) in [5.74, 6) is -0.0553. The number of esters is 1. The first-order valence-electron chi connectivity index (χ1n) is 33.3. The number of allylic oxidation sites excluding steroid dienone is 5. The molecule has 0 fully saturated rings. The number of carbonyl (C=O) groups is 2. The van der Waals surface area contributed by atoms with Crippen molar-refractivity contribution in [3.63, 3.8) is 0 Å². The van der Waals surface area contributed by atoms with Crippen LogP contribution in [0.3, 0.4) is 0 Å². The third kappa shape index (κ3) is 59.3. The number of carbonyl (C=O) groups excluding carboxylic acids is 2. The fraction of sp³-hybridized carbons (Fsp3) is 0.882. The normalized spacial score (nSPS) is 12.8. The van der Waals surface area contributed by atoms with E-state index in [1.165, 1.54) is 283 Å². The molecule has 0 aliphatic carbocycles. The SMILES string of the molecule is CCCCCC/C=C\C/C=C\CCCCCCCCCC(=O)OCCCCCCCCCCCCCCCCCCCCCCCCCCCCC(=O)NC(CO)C(O)/C=C/CCCCCCCCCCCCC. The Morgan fingerprint density at radius 1 is 0.378 bits per heavy atom. The summed E-state index contributed by atoms with van der Waals surface area (Å²) < 4.78 is 5.50. The number of rotatable bonds is 62. The van der Waals surface area contributed by atoms with Crippen molar-refractivity contribution < 1.29 is 24.5 Å². The number of unbranched alkanes of at least 4 members (excludes halogenated alkanes) is 47. The average Bonchev–Trinajstić information content (AvgIpc) is 3.40. The van der Waals surface area contributed by atoms with E-state index < -0.39 is 12.1 Å². The predicted molar refractivity (Wildman–Crippen MR) is 324 cm³/mol. The van der Waals surface area contributed by atoms with Gasteiger partial charge < -0.3 is 20.3 Å². The molecule has 2 unspecified atom stereocenters. The van der Waals surface area contributed by atoms with Gasteiger partial charge in [-0.15, -0.1) is 0 Å². The van der Waals surface area contributed by atoms with E-state index in [-0.39, 0.29) is 18.5 Å². The van der Waals surface area contributed by atoms with Crippen molar-refractivity contribution in [2.75, 3.05) is 13.2 Å². The second kappa shape index (κ2) is 63.6. The minimum absolute atomic E-state index is 0.00969. The smallest absolute Gasteiger partial charge is 0.305 e. The maximum Gasteiger partial charge on any atom is 0.305 e. The topological polar surface area (TPSA) is 95.9 Å². The van der Waals surface area contributed by atoms with E-state index in [9.17, 15) is 19.8 Å². The van der Waals surface area contributed by atoms with Crippen molar-refractivity contribution in [1.82, 2.24) is 5.32 Å². The molecule has 436 valence electrons. The van der Waals surface area contributed by atoms with Crippen LogP contribution < -0.4 is 5.32 Å². The van der Waals surface area contributed by atoms with Gasteiger partial charge in [-0.2, -0.15) is 0 Å². The molecular weight excluding hydrogens is 911 g/mol. The number of amides is 1. The lowest BCUT2D eigenvalue weighted by molar-refractivity contribution is -0.143. The first-order chi connectivity index (χ1) is 36.5. The molecule has 0 aromatic heterocycles. The second-order valence-corrected chi connectivity index (χ2v) is 22.8. The molecular formula is C68H129NO5. The van der Waals surface area contributed by atoms with Crippen LogP contribution in [0.25, 0.3) is 0 Å². The van der Waals surface area contributed by atoms with E-state index in [1.807, 2.05) is 6.08 Å². The van der Waals surface area contributed by atoms with Gasteiger partial charge in [-0.05, 0) is 64.2 Å². The third-order valence-electron chi connectivity index (χ3n) is 15.4. The molecule has 0 aliphatic heterocycles. The molecule has 1 amide bonds. The molecule has 0 rings (SSSR count). The zero-order valence-corrected chi connectivity index (χ0v) is 49.8. The summed E-state index contributed by atoms with van der Waals surface area (Å²) in [5.41, 5.74) is 0. The number of ether oxygens (including phenoxy) is 1. The number of nitrogens with one attached hydrogen (secondary N) is 1. The predicted octanol–water partition coefficient (Wildman–Crippen LogP) is 21.1. The lowest BCUT2D eigenvalue weighted by Crippen LogP contribution is -2.45. The summed E-state index contributed by atoms with van der Waals surface area (Å²) in [4.78, 5) is 24.6. The largest absolute Gasteiger partial charge is 0.466 e. The van der Waals surface area contributed by atoms with E-state index >= 15 is 0 Å². The zero-order chi connectivity index (χ0) is 53.6. The Morgan fingerprint density at radius 3 is 1.04 bits per heavy atom. The minimum atomic E-state index is -0.842. The van der Waals surface area contributed by atoms with Gasteiger partial charge in [0.25, 0.3) is 0 Å². The molecule has 0 aliphatic rings. The Balaban J connectivity index is 3.35. The summed E-state index contributed by atoms with van der Waals surface area (Å²) in [6.07, 6.45) is 80.6. The van der Waals surface area contributed by atoms with E-state index in [0.717, 1.165) is 51.4 Å². The molecule has 0 heterocycles. The molecule has 0 spiro atoms. The number of hydrogen-bond donors (Lipinski definition) is 3. The lowest BCUT2D eigenvalue weighted by Gasteiger charge is -2.20. The van der Waals surface area contributed by atoms with E-state index in [0.29, 0.717) is 19.4 Å². The van der Waals surface area contributed by atoms with Gasteiger partial charge in [0.05, 0.1) is 25.4 Å². The van der Waals surface area contributed by atoms with E-state index in [4.69, 9.17) is 4.74 Å². The van der Waals surface area contributed by atoms with Crippen LogP contribution in [-0.2, 0) is 14.3 Å².